The normalized spacial score (nSPS) is 49.0. The van der Waals surface area contributed by atoms with E-state index in [9.17, 15) is 0 Å². The summed E-state index contributed by atoms with van der Waals surface area (Å²) in [6.45, 7) is 2.46. The van der Waals surface area contributed by atoms with Crippen LogP contribution in [0.2, 0.25) is 0 Å². The first-order chi connectivity index (χ1) is 9.34. The summed E-state index contributed by atoms with van der Waals surface area (Å²) in [4.78, 5) is 0. The van der Waals surface area contributed by atoms with E-state index in [1.54, 1.807) is 19.3 Å². The lowest BCUT2D eigenvalue weighted by molar-refractivity contribution is 0.0785. The molecule has 1 unspecified atom stereocenters. The standard InChI is InChI=1S/C19H30/c1-2-19-12-5-8-18(19)17-10-9-14-6-3-4-7-15(14)16(17)11-13-19/h11,14-15,17-18H,2-10,12-13H2,1H3/t14?,15-,17+,18-,19-/m0/s1. The molecule has 3 saturated carbocycles. The third-order valence-corrected chi connectivity index (χ3v) is 7.52. The van der Waals surface area contributed by atoms with Gasteiger partial charge in [0.05, 0.1) is 0 Å². The maximum Gasteiger partial charge on any atom is -0.0166 e. The van der Waals surface area contributed by atoms with Gasteiger partial charge in [0.25, 0.3) is 0 Å². The van der Waals surface area contributed by atoms with Gasteiger partial charge in [-0.05, 0) is 80.5 Å². The Morgan fingerprint density at radius 2 is 1.89 bits per heavy atom. The van der Waals surface area contributed by atoms with Gasteiger partial charge in [0.15, 0.2) is 0 Å². The third-order valence-electron chi connectivity index (χ3n) is 7.52. The fourth-order valence-electron chi connectivity index (χ4n) is 6.51. The minimum atomic E-state index is 0.732. The topological polar surface area (TPSA) is 0 Å². The lowest BCUT2D eigenvalue weighted by atomic mass is 9.54. The molecule has 3 fully saturated rings. The monoisotopic (exact) mass is 258 g/mol. The van der Waals surface area contributed by atoms with Gasteiger partial charge in [-0.1, -0.05) is 37.8 Å². The van der Waals surface area contributed by atoms with Gasteiger partial charge in [0.2, 0.25) is 0 Å². The van der Waals surface area contributed by atoms with Crippen LogP contribution in [0, 0.1) is 29.1 Å². The van der Waals surface area contributed by atoms with Crippen molar-refractivity contribution in [2.24, 2.45) is 29.1 Å². The van der Waals surface area contributed by atoms with Crippen molar-refractivity contribution < 1.29 is 0 Å². The fraction of sp³-hybridized carbons (Fsp3) is 0.895. The van der Waals surface area contributed by atoms with Crippen molar-refractivity contribution in [2.45, 2.75) is 77.6 Å². The van der Waals surface area contributed by atoms with E-state index in [1.165, 1.54) is 51.4 Å². The molecule has 0 bridgehead atoms. The Kier molecular flexibility index (Phi) is 3.05. The molecule has 0 aromatic rings. The van der Waals surface area contributed by atoms with Crippen LogP contribution in [0.25, 0.3) is 0 Å². The van der Waals surface area contributed by atoms with Gasteiger partial charge in [-0.2, -0.15) is 0 Å². The Morgan fingerprint density at radius 1 is 1.00 bits per heavy atom. The second-order valence-corrected chi connectivity index (χ2v) is 7.96. The van der Waals surface area contributed by atoms with Gasteiger partial charge in [0.1, 0.15) is 0 Å². The number of hydrogen-bond donors (Lipinski definition) is 0. The third kappa shape index (κ3) is 1.78. The fourth-order valence-corrected chi connectivity index (χ4v) is 6.51. The lowest BCUT2D eigenvalue weighted by Gasteiger charge is -2.51. The van der Waals surface area contributed by atoms with Gasteiger partial charge in [-0.25, -0.2) is 0 Å². The summed E-state index contributed by atoms with van der Waals surface area (Å²) in [6, 6.07) is 0. The van der Waals surface area contributed by atoms with Crippen molar-refractivity contribution in [3.8, 4) is 0 Å². The summed E-state index contributed by atoms with van der Waals surface area (Å²) >= 11 is 0. The highest BCUT2D eigenvalue weighted by Crippen LogP contribution is 2.61. The average molecular weight is 258 g/mol. The zero-order chi connectivity index (χ0) is 12.9. The Hall–Kier alpha value is -0.260. The first kappa shape index (κ1) is 12.5. The van der Waals surface area contributed by atoms with Crippen LogP contribution < -0.4 is 0 Å². The van der Waals surface area contributed by atoms with E-state index in [1.807, 2.05) is 5.57 Å². The van der Waals surface area contributed by atoms with Crippen molar-refractivity contribution in [2.75, 3.05) is 0 Å². The molecule has 0 aromatic carbocycles. The van der Waals surface area contributed by atoms with Crippen molar-refractivity contribution in [3.05, 3.63) is 11.6 Å². The van der Waals surface area contributed by atoms with E-state index in [2.05, 4.69) is 13.0 Å². The molecule has 5 atom stereocenters. The number of fused-ring (bicyclic) bond motifs is 5. The molecule has 0 heterocycles. The highest BCUT2D eigenvalue weighted by Gasteiger charge is 2.50. The minimum absolute atomic E-state index is 0.732. The Balaban J connectivity index is 1.66. The maximum atomic E-state index is 2.76. The van der Waals surface area contributed by atoms with Gasteiger partial charge < -0.3 is 0 Å². The van der Waals surface area contributed by atoms with Crippen molar-refractivity contribution in [3.63, 3.8) is 0 Å². The Morgan fingerprint density at radius 3 is 2.79 bits per heavy atom. The molecule has 106 valence electrons. The second-order valence-electron chi connectivity index (χ2n) is 7.96. The molecule has 0 radical (unpaired) electrons. The van der Waals surface area contributed by atoms with Crippen LogP contribution in [-0.4, -0.2) is 0 Å². The smallest absolute Gasteiger partial charge is 0.0166 e. The summed E-state index contributed by atoms with van der Waals surface area (Å²) in [5, 5.41) is 0. The quantitative estimate of drug-likeness (QED) is 0.527. The van der Waals surface area contributed by atoms with Crippen LogP contribution in [0.5, 0.6) is 0 Å². The number of rotatable bonds is 1. The number of hydrogen-bond acceptors (Lipinski definition) is 0. The summed E-state index contributed by atoms with van der Waals surface area (Å²) in [6.07, 6.45) is 19.4. The van der Waals surface area contributed by atoms with E-state index in [0.29, 0.717) is 0 Å². The molecule has 0 aromatic heterocycles. The molecule has 0 N–H and O–H groups in total. The van der Waals surface area contributed by atoms with E-state index in [0.717, 1.165) is 29.1 Å². The van der Waals surface area contributed by atoms with Gasteiger partial charge in [-0.3, -0.25) is 0 Å². The summed E-state index contributed by atoms with van der Waals surface area (Å²) in [7, 11) is 0. The van der Waals surface area contributed by atoms with Crippen LogP contribution in [-0.2, 0) is 0 Å². The minimum Gasteiger partial charge on any atom is -0.0842 e. The SMILES string of the molecule is CC[C@]12CC=C3[C@H]4CCCCC4CC[C@H]3[C@@H]1CCC2. The van der Waals surface area contributed by atoms with E-state index in [4.69, 9.17) is 0 Å². The van der Waals surface area contributed by atoms with Gasteiger partial charge in [0, 0.05) is 0 Å². The van der Waals surface area contributed by atoms with Crippen molar-refractivity contribution in [1.82, 2.24) is 0 Å². The molecule has 0 saturated heterocycles. The van der Waals surface area contributed by atoms with Crippen molar-refractivity contribution in [1.29, 1.82) is 0 Å². The molecule has 19 heavy (non-hydrogen) atoms. The molecule has 0 nitrogen and oxygen atoms in total. The van der Waals surface area contributed by atoms with E-state index < -0.39 is 0 Å². The molecule has 0 spiro atoms. The predicted octanol–water partition coefficient (Wildman–Crippen LogP) is 5.73. The van der Waals surface area contributed by atoms with E-state index >= 15 is 0 Å². The zero-order valence-electron chi connectivity index (χ0n) is 12.7. The van der Waals surface area contributed by atoms with Crippen molar-refractivity contribution >= 4 is 0 Å². The average Bonchev–Trinajstić information content (AvgIpc) is 2.91. The highest BCUT2D eigenvalue weighted by atomic mass is 14.6. The molecule has 0 amide bonds. The summed E-state index contributed by atoms with van der Waals surface area (Å²) in [5.74, 6) is 4.17. The zero-order valence-corrected chi connectivity index (χ0v) is 12.7. The first-order valence-corrected chi connectivity index (χ1v) is 9.04. The molecule has 0 heteroatoms. The van der Waals surface area contributed by atoms with Crippen LogP contribution in [0.1, 0.15) is 77.6 Å². The van der Waals surface area contributed by atoms with Crippen LogP contribution >= 0.6 is 0 Å². The van der Waals surface area contributed by atoms with E-state index in [-0.39, 0.29) is 0 Å². The molecule has 0 aliphatic heterocycles. The predicted molar refractivity (Wildman–Crippen MR) is 80.9 cm³/mol. The van der Waals surface area contributed by atoms with Gasteiger partial charge >= 0.3 is 0 Å². The molecule has 4 rings (SSSR count). The Labute approximate surface area is 119 Å². The maximum absolute atomic E-state index is 2.76. The molecule has 4 aliphatic rings. The second kappa shape index (κ2) is 4.64. The van der Waals surface area contributed by atoms with Crippen LogP contribution in [0.15, 0.2) is 11.6 Å². The molecular weight excluding hydrogens is 228 g/mol. The first-order valence-electron chi connectivity index (χ1n) is 9.04. The summed E-state index contributed by atoms with van der Waals surface area (Å²) < 4.78 is 0. The van der Waals surface area contributed by atoms with Gasteiger partial charge in [-0.15, -0.1) is 0 Å². The highest BCUT2D eigenvalue weighted by molar-refractivity contribution is 5.24. The Bertz CT molecular complexity index is 379. The largest absolute Gasteiger partial charge is 0.0842 e. The lowest BCUT2D eigenvalue weighted by Crippen LogP contribution is -2.41. The molecular formula is C19H30. The molecule has 4 aliphatic carbocycles. The number of allylic oxidation sites excluding steroid dienone is 2. The van der Waals surface area contributed by atoms with Crippen LogP contribution in [0.3, 0.4) is 0 Å². The van der Waals surface area contributed by atoms with Crippen LogP contribution in [0.4, 0.5) is 0 Å². The summed E-state index contributed by atoms with van der Waals surface area (Å²) in [5.41, 5.74) is 2.70.